The Morgan fingerprint density at radius 3 is 2.93 bits per heavy atom. The first-order valence-corrected chi connectivity index (χ1v) is 5.14. The molecule has 2 aromatic rings. The van der Waals surface area contributed by atoms with E-state index in [1.165, 1.54) is 35.9 Å². The Labute approximate surface area is 88.0 Å². The average Bonchev–Trinajstić information content (AvgIpc) is 2.71. The van der Waals surface area contributed by atoms with Crippen molar-refractivity contribution >= 4 is 23.3 Å². The smallest absolute Gasteiger partial charge is 0.175 e. The lowest BCUT2D eigenvalue weighted by molar-refractivity contribution is 1.03. The molecule has 0 aliphatic heterocycles. The van der Waals surface area contributed by atoms with Crippen molar-refractivity contribution in [1.29, 1.82) is 5.26 Å². The molecule has 7 heteroatoms. The van der Waals surface area contributed by atoms with Gasteiger partial charge < -0.3 is 0 Å². The molecule has 2 aromatic heterocycles. The van der Waals surface area contributed by atoms with Crippen LogP contribution in [0.4, 0.5) is 0 Å². The minimum Gasteiger partial charge on any atom is -0.230 e. The molecule has 5 nitrogen and oxygen atoms in total. The first-order chi connectivity index (χ1) is 6.88. The summed E-state index contributed by atoms with van der Waals surface area (Å²) in [6, 6.07) is 3.57. The molecule has 0 saturated carbocycles. The quantitative estimate of drug-likeness (QED) is 0.712. The predicted octanol–water partition coefficient (Wildman–Crippen LogP) is 1.35. The second-order valence-electron chi connectivity index (χ2n) is 2.16. The summed E-state index contributed by atoms with van der Waals surface area (Å²) in [6.45, 7) is 0. The van der Waals surface area contributed by atoms with Gasteiger partial charge in [0.1, 0.15) is 29.4 Å². The highest BCUT2D eigenvalue weighted by Crippen LogP contribution is 2.25. The average molecular weight is 221 g/mol. The standard InChI is InChI=1S/C7H3N5S2/c8-2-5-1-6(10-3-9-5)13-7-11-4-12-14-7/h1,3-4H. The van der Waals surface area contributed by atoms with Gasteiger partial charge in [0.25, 0.3) is 0 Å². The van der Waals surface area contributed by atoms with Gasteiger partial charge in [-0.1, -0.05) is 0 Å². The summed E-state index contributed by atoms with van der Waals surface area (Å²) in [6.07, 6.45) is 2.85. The summed E-state index contributed by atoms with van der Waals surface area (Å²) in [5.74, 6) is 0. The van der Waals surface area contributed by atoms with E-state index in [1.54, 1.807) is 6.07 Å². The number of nitriles is 1. The van der Waals surface area contributed by atoms with E-state index in [2.05, 4.69) is 19.3 Å². The molecule has 0 radical (unpaired) electrons. The third-order valence-corrected chi connectivity index (χ3v) is 2.94. The Morgan fingerprint density at radius 1 is 1.29 bits per heavy atom. The van der Waals surface area contributed by atoms with Crippen molar-refractivity contribution in [3.05, 3.63) is 24.4 Å². The molecule has 0 bridgehead atoms. The van der Waals surface area contributed by atoms with E-state index in [9.17, 15) is 0 Å². The fraction of sp³-hybridized carbons (Fsp3) is 0. The third kappa shape index (κ3) is 2.04. The van der Waals surface area contributed by atoms with Crippen molar-refractivity contribution < 1.29 is 0 Å². The summed E-state index contributed by atoms with van der Waals surface area (Å²) in [7, 11) is 0. The van der Waals surface area contributed by atoms with Gasteiger partial charge in [0.05, 0.1) is 0 Å². The molecule has 0 amide bonds. The van der Waals surface area contributed by atoms with Crippen LogP contribution in [0.2, 0.25) is 0 Å². The van der Waals surface area contributed by atoms with Crippen molar-refractivity contribution in [3.63, 3.8) is 0 Å². The summed E-state index contributed by atoms with van der Waals surface area (Å²) >= 11 is 2.66. The first-order valence-electron chi connectivity index (χ1n) is 3.55. The van der Waals surface area contributed by atoms with Gasteiger partial charge >= 0.3 is 0 Å². The van der Waals surface area contributed by atoms with E-state index in [1.807, 2.05) is 6.07 Å². The summed E-state index contributed by atoms with van der Waals surface area (Å²) in [5, 5.41) is 9.32. The van der Waals surface area contributed by atoms with Gasteiger partial charge in [-0.2, -0.15) is 9.64 Å². The molecule has 2 heterocycles. The van der Waals surface area contributed by atoms with Crippen molar-refractivity contribution in [2.45, 2.75) is 9.37 Å². The first kappa shape index (κ1) is 9.05. The lowest BCUT2D eigenvalue weighted by Gasteiger charge is -1.94. The Bertz CT molecular complexity index is 461. The molecule has 14 heavy (non-hydrogen) atoms. The van der Waals surface area contributed by atoms with E-state index in [0.717, 1.165) is 4.34 Å². The van der Waals surface area contributed by atoms with Crippen LogP contribution in [0.1, 0.15) is 5.69 Å². The van der Waals surface area contributed by atoms with E-state index in [-0.39, 0.29) is 0 Å². The summed E-state index contributed by atoms with van der Waals surface area (Å²) < 4.78 is 4.66. The minimum absolute atomic E-state index is 0.354. The van der Waals surface area contributed by atoms with Gasteiger partial charge in [-0.3, -0.25) is 0 Å². The van der Waals surface area contributed by atoms with Crippen LogP contribution in [-0.4, -0.2) is 19.3 Å². The second-order valence-corrected chi connectivity index (χ2v) is 4.21. The molecule has 0 saturated heterocycles. The van der Waals surface area contributed by atoms with Gasteiger partial charge in [0.2, 0.25) is 0 Å². The van der Waals surface area contributed by atoms with Crippen molar-refractivity contribution in [2.24, 2.45) is 0 Å². The molecule has 0 N–H and O–H groups in total. The monoisotopic (exact) mass is 221 g/mol. The lowest BCUT2D eigenvalue weighted by atomic mass is 10.4. The SMILES string of the molecule is N#Cc1cc(Sc2ncns2)ncn1. The van der Waals surface area contributed by atoms with E-state index in [4.69, 9.17) is 5.26 Å². The molecular weight excluding hydrogens is 218 g/mol. The Morgan fingerprint density at radius 2 is 2.21 bits per heavy atom. The van der Waals surface area contributed by atoms with Gasteiger partial charge in [-0.05, 0) is 23.3 Å². The highest BCUT2D eigenvalue weighted by Gasteiger charge is 2.03. The van der Waals surface area contributed by atoms with E-state index >= 15 is 0 Å². The molecule has 2 rings (SSSR count). The van der Waals surface area contributed by atoms with Crippen LogP contribution in [0.15, 0.2) is 28.1 Å². The van der Waals surface area contributed by atoms with Gasteiger partial charge in [0.15, 0.2) is 4.34 Å². The number of nitrogens with zero attached hydrogens (tertiary/aromatic N) is 5. The fourth-order valence-electron chi connectivity index (χ4n) is 0.754. The van der Waals surface area contributed by atoms with Crippen LogP contribution >= 0.6 is 23.3 Å². The normalized spacial score (nSPS) is 9.64. The number of aromatic nitrogens is 4. The van der Waals surface area contributed by atoms with Crippen molar-refractivity contribution in [3.8, 4) is 6.07 Å². The van der Waals surface area contributed by atoms with Gasteiger partial charge in [-0.25, -0.2) is 15.0 Å². The Balaban J connectivity index is 2.22. The van der Waals surface area contributed by atoms with Crippen LogP contribution < -0.4 is 0 Å². The van der Waals surface area contributed by atoms with Crippen LogP contribution in [0.5, 0.6) is 0 Å². The van der Waals surface area contributed by atoms with Gasteiger partial charge in [0, 0.05) is 6.07 Å². The highest BCUT2D eigenvalue weighted by molar-refractivity contribution is 8.00. The summed E-state index contributed by atoms with van der Waals surface area (Å²) in [4.78, 5) is 11.8. The Kier molecular flexibility index (Phi) is 2.67. The molecule has 68 valence electrons. The highest BCUT2D eigenvalue weighted by atomic mass is 32.2. The lowest BCUT2D eigenvalue weighted by Crippen LogP contribution is -1.86. The number of hydrogen-bond acceptors (Lipinski definition) is 7. The predicted molar refractivity (Wildman–Crippen MR) is 50.8 cm³/mol. The molecule has 0 fully saturated rings. The van der Waals surface area contributed by atoms with Gasteiger partial charge in [-0.15, -0.1) is 0 Å². The zero-order valence-corrected chi connectivity index (χ0v) is 8.42. The zero-order chi connectivity index (χ0) is 9.80. The van der Waals surface area contributed by atoms with Crippen molar-refractivity contribution in [2.75, 3.05) is 0 Å². The zero-order valence-electron chi connectivity index (χ0n) is 6.78. The molecule has 0 unspecified atom stereocenters. The molecule has 0 aliphatic rings. The van der Waals surface area contributed by atoms with Crippen LogP contribution in [-0.2, 0) is 0 Å². The number of hydrogen-bond donors (Lipinski definition) is 0. The second kappa shape index (κ2) is 4.13. The van der Waals surface area contributed by atoms with Crippen LogP contribution in [0, 0.1) is 11.3 Å². The maximum Gasteiger partial charge on any atom is 0.175 e. The molecule has 0 spiro atoms. The summed E-state index contributed by atoms with van der Waals surface area (Å²) in [5.41, 5.74) is 0.354. The van der Waals surface area contributed by atoms with Crippen molar-refractivity contribution in [1.82, 2.24) is 19.3 Å². The van der Waals surface area contributed by atoms with E-state index in [0.29, 0.717) is 10.7 Å². The minimum atomic E-state index is 0.354. The molecular formula is C7H3N5S2. The maximum absolute atomic E-state index is 8.61. The third-order valence-electron chi connectivity index (χ3n) is 1.29. The number of rotatable bonds is 2. The fourth-order valence-corrected chi connectivity index (χ4v) is 2.12. The van der Waals surface area contributed by atoms with E-state index < -0.39 is 0 Å². The van der Waals surface area contributed by atoms with Crippen LogP contribution in [0.25, 0.3) is 0 Å². The topological polar surface area (TPSA) is 75.3 Å². The molecule has 0 atom stereocenters. The molecule has 0 aromatic carbocycles. The van der Waals surface area contributed by atoms with Crippen LogP contribution in [0.3, 0.4) is 0 Å². The maximum atomic E-state index is 8.61. The largest absolute Gasteiger partial charge is 0.230 e. The molecule has 0 aliphatic carbocycles. The Hall–Kier alpha value is -1.52.